The molecule has 1 atom stereocenters. The highest BCUT2D eigenvalue weighted by molar-refractivity contribution is 7.13. The number of halogens is 1. The van der Waals surface area contributed by atoms with Crippen LogP contribution in [0.25, 0.3) is 0 Å². The van der Waals surface area contributed by atoms with E-state index in [1.165, 1.54) is 23.5 Å². The molecule has 0 bridgehead atoms. The zero-order valence-electron chi connectivity index (χ0n) is 14.6. The van der Waals surface area contributed by atoms with Crippen molar-refractivity contribution in [1.82, 2.24) is 10.2 Å². The molecule has 1 amide bonds. The van der Waals surface area contributed by atoms with Crippen LogP contribution in [-0.4, -0.2) is 16.1 Å². The SMILES string of the molecule is CC(C)(C(=O)Nc1nncs1)C1c2ccccc2Oc2cc(OF)ccc21. The molecule has 0 saturated heterocycles. The fraction of sp³-hybridized carbons (Fsp3) is 0.211. The first kappa shape index (κ1) is 17.4. The maximum atomic E-state index is 13.1. The summed E-state index contributed by atoms with van der Waals surface area (Å²) in [7, 11) is 0. The van der Waals surface area contributed by atoms with Crippen LogP contribution in [0.2, 0.25) is 0 Å². The Labute approximate surface area is 158 Å². The quantitative estimate of drug-likeness (QED) is 0.704. The molecule has 138 valence electrons. The van der Waals surface area contributed by atoms with E-state index in [-0.39, 0.29) is 17.6 Å². The van der Waals surface area contributed by atoms with E-state index < -0.39 is 5.41 Å². The number of rotatable bonds is 4. The summed E-state index contributed by atoms with van der Waals surface area (Å²) in [5.41, 5.74) is 2.38. The largest absolute Gasteiger partial charge is 0.457 e. The van der Waals surface area contributed by atoms with Crippen molar-refractivity contribution >= 4 is 22.4 Å². The Kier molecular flexibility index (Phi) is 4.27. The second-order valence-electron chi connectivity index (χ2n) is 6.77. The van der Waals surface area contributed by atoms with Gasteiger partial charge in [-0.05, 0) is 12.1 Å². The molecule has 0 radical (unpaired) electrons. The zero-order chi connectivity index (χ0) is 19.0. The van der Waals surface area contributed by atoms with Gasteiger partial charge in [-0.25, -0.2) is 0 Å². The molecule has 27 heavy (non-hydrogen) atoms. The number of nitrogens with one attached hydrogen (secondary N) is 1. The summed E-state index contributed by atoms with van der Waals surface area (Å²) in [6.45, 7) is 3.72. The summed E-state index contributed by atoms with van der Waals surface area (Å²) in [4.78, 5) is 16.9. The number of ether oxygens (including phenoxy) is 1. The highest BCUT2D eigenvalue weighted by Crippen LogP contribution is 2.52. The first-order chi connectivity index (χ1) is 13.0. The molecule has 0 saturated carbocycles. The summed E-state index contributed by atoms with van der Waals surface area (Å²) in [6, 6.07) is 12.2. The Morgan fingerprint density at radius 3 is 2.74 bits per heavy atom. The van der Waals surface area contributed by atoms with Crippen LogP contribution in [-0.2, 0) is 4.79 Å². The van der Waals surface area contributed by atoms with E-state index in [0.29, 0.717) is 16.6 Å². The molecule has 1 aromatic heterocycles. The van der Waals surface area contributed by atoms with Gasteiger partial charge in [-0.1, -0.05) is 49.4 Å². The molecule has 6 nitrogen and oxygen atoms in total. The fourth-order valence-corrected chi connectivity index (χ4v) is 3.82. The highest BCUT2D eigenvalue weighted by atomic mass is 32.1. The van der Waals surface area contributed by atoms with Crippen molar-refractivity contribution in [3.63, 3.8) is 0 Å². The van der Waals surface area contributed by atoms with Crippen molar-refractivity contribution in [2.24, 2.45) is 5.41 Å². The molecular weight excluding hydrogens is 369 g/mol. The number of carbonyl (C=O) groups excluding carboxylic acids is 1. The normalized spacial score (nSPS) is 15.3. The van der Waals surface area contributed by atoms with Gasteiger partial charge in [0, 0.05) is 27.6 Å². The number of fused-ring (bicyclic) bond motifs is 2. The molecule has 0 spiro atoms. The third-order valence-corrected chi connectivity index (χ3v) is 5.33. The predicted octanol–water partition coefficient (Wildman–Crippen LogP) is 4.70. The van der Waals surface area contributed by atoms with Gasteiger partial charge in [0.1, 0.15) is 17.0 Å². The van der Waals surface area contributed by atoms with E-state index in [2.05, 4.69) is 20.5 Å². The Balaban J connectivity index is 1.80. The Bertz CT molecular complexity index is 992. The smallest absolute Gasteiger partial charge is 0.232 e. The van der Waals surface area contributed by atoms with E-state index >= 15 is 0 Å². The standard InChI is InChI=1S/C19H16FN3O3S/c1-19(2,17(24)22-18-23-21-10-27-18)16-12-5-3-4-6-14(12)25-15-9-11(26-20)7-8-13(15)16/h3-10,16H,1-2H3,(H,22,23,24). The molecule has 0 fully saturated rings. The summed E-state index contributed by atoms with van der Waals surface area (Å²) >= 11 is 1.25. The Morgan fingerprint density at radius 1 is 1.22 bits per heavy atom. The van der Waals surface area contributed by atoms with Crippen LogP contribution in [0.15, 0.2) is 48.0 Å². The minimum Gasteiger partial charge on any atom is -0.457 e. The van der Waals surface area contributed by atoms with Gasteiger partial charge in [-0.15, -0.1) is 10.2 Å². The minimum atomic E-state index is -0.849. The Hall–Kier alpha value is -3.00. The summed E-state index contributed by atoms with van der Waals surface area (Å²) in [6.07, 6.45) is 0. The van der Waals surface area contributed by atoms with Crippen molar-refractivity contribution < 1.29 is 19.0 Å². The third-order valence-electron chi connectivity index (χ3n) is 4.72. The molecule has 1 aliphatic heterocycles. The number of carbonyl (C=O) groups is 1. The fourth-order valence-electron chi connectivity index (χ4n) is 3.38. The lowest BCUT2D eigenvalue weighted by Crippen LogP contribution is -2.38. The molecule has 1 N–H and O–H groups in total. The number of anilines is 1. The van der Waals surface area contributed by atoms with E-state index in [0.717, 1.165) is 11.1 Å². The van der Waals surface area contributed by atoms with E-state index in [4.69, 9.17) is 4.74 Å². The van der Waals surface area contributed by atoms with Crippen molar-refractivity contribution in [2.75, 3.05) is 5.32 Å². The lowest BCUT2D eigenvalue weighted by Gasteiger charge is -2.38. The molecule has 2 aromatic carbocycles. The average Bonchev–Trinajstić information content (AvgIpc) is 3.18. The van der Waals surface area contributed by atoms with Crippen LogP contribution in [0, 0.1) is 5.41 Å². The minimum absolute atomic E-state index is 0.0444. The monoisotopic (exact) mass is 385 g/mol. The van der Waals surface area contributed by atoms with Crippen molar-refractivity contribution in [1.29, 1.82) is 0 Å². The molecule has 0 aliphatic carbocycles. The van der Waals surface area contributed by atoms with Crippen molar-refractivity contribution in [2.45, 2.75) is 19.8 Å². The van der Waals surface area contributed by atoms with Gasteiger partial charge in [-0.3, -0.25) is 9.74 Å². The maximum Gasteiger partial charge on any atom is 0.232 e. The molecule has 1 aliphatic rings. The van der Waals surface area contributed by atoms with Gasteiger partial charge in [0.15, 0.2) is 5.75 Å². The maximum absolute atomic E-state index is 13.1. The average molecular weight is 385 g/mol. The van der Waals surface area contributed by atoms with Gasteiger partial charge < -0.3 is 10.1 Å². The molecular formula is C19H16FN3O3S. The lowest BCUT2D eigenvalue weighted by atomic mass is 9.69. The number of hydrogen-bond donors (Lipinski definition) is 1. The Morgan fingerprint density at radius 2 is 2.00 bits per heavy atom. The van der Waals surface area contributed by atoms with Crippen LogP contribution in [0.4, 0.5) is 9.66 Å². The van der Waals surface area contributed by atoms with E-state index in [1.54, 1.807) is 11.6 Å². The number of aromatic nitrogens is 2. The van der Waals surface area contributed by atoms with Gasteiger partial charge in [0.2, 0.25) is 11.0 Å². The second kappa shape index (κ2) is 6.62. The highest BCUT2D eigenvalue weighted by Gasteiger charge is 2.43. The van der Waals surface area contributed by atoms with Gasteiger partial charge >= 0.3 is 0 Å². The number of nitrogens with zero attached hydrogens (tertiary/aromatic N) is 2. The molecule has 4 rings (SSSR count). The first-order valence-corrected chi connectivity index (χ1v) is 9.15. The van der Waals surface area contributed by atoms with E-state index in [9.17, 15) is 9.32 Å². The van der Waals surface area contributed by atoms with Crippen LogP contribution in [0.1, 0.15) is 30.9 Å². The van der Waals surface area contributed by atoms with Gasteiger partial charge in [-0.2, -0.15) is 0 Å². The van der Waals surface area contributed by atoms with Crippen LogP contribution >= 0.6 is 11.3 Å². The van der Waals surface area contributed by atoms with Crippen LogP contribution in [0.3, 0.4) is 0 Å². The predicted molar refractivity (Wildman–Crippen MR) is 98.9 cm³/mol. The number of benzene rings is 2. The molecule has 2 heterocycles. The number of hydrogen-bond acceptors (Lipinski definition) is 6. The zero-order valence-corrected chi connectivity index (χ0v) is 15.4. The lowest BCUT2D eigenvalue weighted by molar-refractivity contribution is -0.124. The van der Waals surface area contributed by atoms with Crippen molar-refractivity contribution in [3.05, 3.63) is 59.1 Å². The molecule has 3 aromatic rings. The topological polar surface area (TPSA) is 73.3 Å². The van der Waals surface area contributed by atoms with E-state index in [1.807, 2.05) is 38.1 Å². The number of amides is 1. The summed E-state index contributed by atoms with van der Waals surface area (Å²) in [5.74, 6) is 0.633. The van der Waals surface area contributed by atoms with Gasteiger partial charge in [0.05, 0.1) is 5.41 Å². The molecule has 1 unspecified atom stereocenters. The van der Waals surface area contributed by atoms with Crippen LogP contribution < -0.4 is 15.0 Å². The second-order valence-corrected chi connectivity index (χ2v) is 7.60. The van der Waals surface area contributed by atoms with Crippen molar-refractivity contribution in [3.8, 4) is 17.2 Å². The number of para-hydroxylation sites is 1. The first-order valence-electron chi connectivity index (χ1n) is 8.27. The summed E-state index contributed by atoms with van der Waals surface area (Å²) < 4.78 is 18.6. The van der Waals surface area contributed by atoms with Crippen LogP contribution in [0.5, 0.6) is 17.2 Å². The molecule has 8 heteroatoms. The summed E-state index contributed by atoms with van der Waals surface area (Å²) in [5, 5.41) is 10.9. The van der Waals surface area contributed by atoms with Gasteiger partial charge in [0.25, 0.3) is 0 Å². The third kappa shape index (κ3) is 3.02.